The van der Waals surface area contributed by atoms with E-state index in [1.807, 2.05) is 13.8 Å². The fraction of sp³-hybridized carbons (Fsp3) is 0.593. The minimum absolute atomic E-state index is 0.0249. The number of likely N-dealkylation sites (tertiary alicyclic amines) is 1. The van der Waals surface area contributed by atoms with Crippen LogP contribution in [0.4, 0.5) is 14.5 Å². The van der Waals surface area contributed by atoms with Crippen molar-refractivity contribution in [1.29, 1.82) is 0 Å². The van der Waals surface area contributed by atoms with E-state index in [-0.39, 0.29) is 28.3 Å². The summed E-state index contributed by atoms with van der Waals surface area (Å²) in [6, 6.07) is 4.09. The highest BCUT2D eigenvalue weighted by atomic mass is 35.5. The maximum absolute atomic E-state index is 14.1. The molecular weight excluding hydrogens is 569 g/mol. The third-order valence-electron chi connectivity index (χ3n) is 7.83. The molecule has 1 atom stereocenters. The first-order chi connectivity index (χ1) is 19.0. The Balaban J connectivity index is 1.61. The lowest BCUT2D eigenvalue weighted by atomic mass is 9.82. The highest BCUT2D eigenvalue weighted by molar-refractivity contribution is 6.31. The molecular formula is C27H34Cl2F2N4O5. The largest absolute Gasteiger partial charge is 0.481 e. The number of piperidine rings is 1. The van der Waals surface area contributed by atoms with Crippen molar-refractivity contribution in [3.8, 4) is 5.75 Å². The zero-order valence-corrected chi connectivity index (χ0v) is 23.9. The van der Waals surface area contributed by atoms with E-state index >= 15 is 0 Å². The monoisotopic (exact) mass is 602 g/mol. The standard InChI is InChI=1S/C27H34Cl2F2N4O5/c1-16(2)23-20(29)14-32-35(23)27(25(38)33-21-4-3-18(28)13-22(21)40-26(30)31)7-9-34(10-8-27)15-19(24(36)37)17-5-11-39-12-6-17/h3-4,13-14,16-17,19,26H,5-12,15H2,1-2H3,(H,33,38)(H,36,37). The molecule has 1 aromatic heterocycles. The van der Waals surface area contributed by atoms with Crippen LogP contribution in [0.1, 0.15) is 51.1 Å². The fourth-order valence-corrected chi connectivity index (χ4v) is 6.20. The molecule has 0 aliphatic carbocycles. The number of aliphatic carboxylic acids is 1. The molecule has 0 radical (unpaired) electrons. The van der Waals surface area contributed by atoms with Crippen molar-refractivity contribution in [3.63, 3.8) is 0 Å². The van der Waals surface area contributed by atoms with Gasteiger partial charge < -0.3 is 24.8 Å². The summed E-state index contributed by atoms with van der Waals surface area (Å²) < 4.78 is 37.8. The summed E-state index contributed by atoms with van der Waals surface area (Å²) >= 11 is 12.5. The molecule has 2 aliphatic heterocycles. The van der Waals surface area contributed by atoms with E-state index in [0.29, 0.717) is 69.2 Å². The van der Waals surface area contributed by atoms with Crippen LogP contribution in [0.15, 0.2) is 24.4 Å². The summed E-state index contributed by atoms with van der Waals surface area (Å²) in [6.07, 6.45) is 3.50. The number of alkyl halides is 2. The van der Waals surface area contributed by atoms with Crippen LogP contribution in [0, 0.1) is 11.8 Å². The second kappa shape index (κ2) is 13.0. The normalized spacial score (nSPS) is 19.1. The van der Waals surface area contributed by atoms with Crippen LogP contribution in [0.5, 0.6) is 5.75 Å². The zero-order valence-electron chi connectivity index (χ0n) is 22.4. The number of aromatic nitrogens is 2. The van der Waals surface area contributed by atoms with Crippen LogP contribution in [0.3, 0.4) is 0 Å². The SMILES string of the molecule is CC(C)c1c(Cl)cnn1C1(C(=O)Nc2ccc(Cl)cc2OC(F)F)CCN(CC(C(=O)O)C2CCOCC2)CC1. The molecule has 2 aromatic rings. The quantitative estimate of drug-likeness (QED) is 0.371. The molecule has 1 amide bonds. The summed E-state index contributed by atoms with van der Waals surface area (Å²) in [5, 5.41) is 17.8. The zero-order chi connectivity index (χ0) is 29.0. The number of hydrogen-bond donors (Lipinski definition) is 2. The van der Waals surface area contributed by atoms with Crippen LogP contribution >= 0.6 is 23.2 Å². The Morgan fingerprint density at radius 2 is 1.90 bits per heavy atom. The van der Waals surface area contributed by atoms with Gasteiger partial charge in [-0.3, -0.25) is 14.3 Å². The highest BCUT2D eigenvalue weighted by Crippen LogP contribution is 2.39. The first-order valence-electron chi connectivity index (χ1n) is 13.3. The molecule has 9 nitrogen and oxygen atoms in total. The fourth-order valence-electron chi connectivity index (χ4n) is 5.70. The number of benzene rings is 1. The molecule has 220 valence electrons. The number of carbonyl (C=O) groups excluding carboxylic acids is 1. The second-order valence-electron chi connectivity index (χ2n) is 10.6. The third-order valence-corrected chi connectivity index (χ3v) is 8.36. The van der Waals surface area contributed by atoms with Crippen molar-refractivity contribution in [2.45, 2.75) is 57.6 Å². The summed E-state index contributed by atoms with van der Waals surface area (Å²) in [5.74, 6) is -2.13. The number of carboxylic acids is 1. The van der Waals surface area contributed by atoms with Gasteiger partial charge in [0.05, 0.1) is 28.5 Å². The third kappa shape index (κ3) is 6.70. The van der Waals surface area contributed by atoms with Gasteiger partial charge in [-0.15, -0.1) is 0 Å². The number of anilines is 1. The predicted molar refractivity (Wildman–Crippen MR) is 146 cm³/mol. The minimum Gasteiger partial charge on any atom is -0.481 e. The van der Waals surface area contributed by atoms with Crippen molar-refractivity contribution >= 4 is 40.8 Å². The average molecular weight is 603 g/mol. The van der Waals surface area contributed by atoms with Crippen molar-refractivity contribution in [3.05, 3.63) is 40.1 Å². The second-order valence-corrected chi connectivity index (χ2v) is 11.5. The van der Waals surface area contributed by atoms with Crippen LogP contribution in [-0.4, -0.2) is 71.1 Å². The predicted octanol–water partition coefficient (Wildman–Crippen LogP) is 5.47. The van der Waals surface area contributed by atoms with Gasteiger partial charge in [0.1, 0.15) is 5.54 Å². The summed E-state index contributed by atoms with van der Waals surface area (Å²) in [6.45, 7) is 3.10. The number of carbonyl (C=O) groups is 2. The molecule has 2 N–H and O–H groups in total. The molecule has 13 heteroatoms. The van der Waals surface area contributed by atoms with Crippen molar-refractivity contribution in [1.82, 2.24) is 14.7 Å². The van der Waals surface area contributed by atoms with Crippen molar-refractivity contribution in [2.24, 2.45) is 11.8 Å². The van der Waals surface area contributed by atoms with E-state index in [9.17, 15) is 23.5 Å². The summed E-state index contributed by atoms with van der Waals surface area (Å²) in [7, 11) is 0. The Labute approximate surface area is 241 Å². The Hall–Kier alpha value is -2.47. The number of ether oxygens (including phenoxy) is 2. The van der Waals surface area contributed by atoms with Crippen molar-refractivity contribution in [2.75, 3.05) is 38.2 Å². The lowest BCUT2D eigenvalue weighted by Crippen LogP contribution is -2.55. The van der Waals surface area contributed by atoms with Gasteiger partial charge in [-0.25, -0.2) is 0 Å². The van der Waals surface area contributed by atoms with Crippen LogP contribution in [-0.2, 0) is 19.9 Å². The smallest absolute Gasteiger partial charge is 0.387 e. The van der Waals surface area contributed by atoms with E-state index < -0.39 is 29.9 Å². The van der Waals surface area contributed by atoms with Gasteiger partial charge in [-0.05, 0) is 49.7 Å². The maximum atomic E-state index is 14.1. The number of amides is 1. The van der Waals surface area contributed by atoms with Gasteiger partial charge in [0.25, 0.3) is 5.91 Å². The number of rotatable bonds is 10. The molecule has 2 fully saturated rings. The first kappa shape index (κ1) is 30.5. The Morgan fingerprint density at radius 1 is 1.23 bits per heavy atom. The number of nitrogens with one attached hydrogen (secondary N) is 1. The number of halogens is 4. The molecule has 1 unspecified atom stereocenters. The van der Waals surface area contributed by atoms with Gasteiger partial charge in [-0.2, -0.15) is 13.9 Å². The molecule has 40 heavy (non-hydrogen) atoms. The molecule has 2 saturated heterocycles. The summed E-state index contributed by atoms with van der Waals surface area (Å²) in [4.78, 5) is 28.3. The molecule has 3 heterocycles. The lowest BCUT2D eigenvalue weighted by molar-refractivity contribution is -0.146. The van der Waals surface area contributed by atoms with Crippen LogP contribution < -0.4 is 10.1 Å². The van der Waals surface area contributed by atoms with Crippen molar-refractivity contribution < 1.29 is 33.0 Å². The molecule has 1 aromatic carbocycles. The maximum Gasteiger partial charge on any atom is 0.387 e. The molecule has 2 aliphatic rings. The Morgan fingerprint density at radius 3 is 2.50 bits per heavy atom. The highest BCUT2D eigenvalue weighted by Gasteiger charge is 2.47. The van der Waals surface area contributed by atoms with Crippen LogP contribution in [0.2, 0.25) is 10.0 Å². The van der Waals surface area contributed by atoms with Crippen LogP contribution in [0.25, 0.3) is 0 Å². The van der Waals surface area contributed by atoms with E-state index in [0.717, 1.165) is 0 Å². The van der Waals surface area contributed by atoms with Gasteiger partial charge in [0, 0.05) is 43.9 Å². The molecule has 4 rings (SSSR count). The summed E-state index contributed by atoms with van der Waals surface area (Å²) in [5.41, 5.74) is -0.482. The Bertz CT molecular complexity index is 1200. The van der Waals surface area contributed by atoms with E-state index in [4.69, 9.17) is 27.9 Å². The van der Waals surface area contributed by atoms with E-state index in [1.165, 1.54) is 24.4 Å². The molecule has 0 bridgehead atoms. The molecule has 0 saturated carbocycles. The van der Waals surface area contributed by atoms with Gasteiger partial charge in [0.2, 0.25) is 0 Å². The first-order valence-corrected chi connectivity index (χ1v) is 14.1. The Kier molecular flexibility index (Phi) is 9.92. The number of carboxylic acid groups (broad SMARTS) is 1. The lowest BCUT2D eigenvalue weighted by Gasteiger charge is -2.43. The number of nitrogens with zero attached hydrogens (tertiary/aromatic N) is 3. The van der Waals surface area contributed by atoms with E-state index in [2.05, 4.69) is 20.1 Å². The topological polar surface area (TPSA) is 106 Å². The minimum atomic E-state index is -3.11. The van der Waals surface area contributed by atoms with Gasteiger partial charge in [-0.1, -0.05) is 37.0 Å². The van der Waals surface area contributed by atoms with E-state index in [1.54, 1.807) is 4.68 Å². The number of hydrogen-bond acceptors (Lipinski definition) is 6. The van der Waals surface area contributed by atoms with Gasteiger partial charge >= 0.3 is 12.6 Å². The average Bonchev–Trinajstić information content (AvgIpc) is 3.31. The molecule has 0 spiro atoms. The van der Waals surface area contributed by atoms with Gasteiger partial charge in [0.15, 0.2) is 5.75 Å².